The van der Waals surface area contributed by atoms with Crippen LogP contribution in [0.3, 0.4) is 0 Å². The molecule has 24 heteroatoms. The number of fused-ring (bicyclic) bond motifs is 2. The lowest BCUT2D eigenvalue weighted by Gasteiger charge is -2.34. The molecule has 4 heterocycles. The van der Waals surface area contributed by atoms with Crippen LogP contribution in [0.2, 0.25) is 10.0 Å². The van der Waals surface area contributed by atoms with E-state index in [-0.39, 0.29) is 45.8 Å². The first kappa shape index (κ1) is 61.5. The fraction of sp³-hybridized carbons (Fsp3) is 0.536. The zero-order valence-corrected chi connectivity index (χ0v) is 49.2. The summed E-state index contributed by atoms with van der Waals surface area (Å²) in [4.78, 5) is 33.0. The SMILES string of the molecule is Cc1cc(Cl)cc2c1CN(C)CC2c1cc(S(=O)(=O)N[C@@H]2CCN(CCOCCNC(=O)NCCCCNC(=O)NCCOCCN3CC[C@@H](NS(=O)(=O)c4ccc(F)c(C5CN(C)Cc6c(C)cc(Cl)cc65)c4)C3)C2)ccc1F. The molecule has 80 heavy (non-hydrogen) atoms. The molecule has 4 aliphatic rings. The van der Waals surface area contributed by atoms with Gasteiger partial charge in [0, 0.05) is 113 Å². The van der Waals surface area contributed by atoms with Crippen LogP contribution in [0.1, 0.15) is 82.0 Å². The quantitative estimate of drug-likeness (QED) is 0.0432. The molecule has 2 saturated heterocycles. The number of hydrogen-bond acceptors (Lipinski definition) is 12. The molecule has 0 aromatic heterocycles. The number of benzene rings is 4. The van der Waals surface area contributed by atoms with Crippen LogP contribution >= 0.6 is 23.2 Å². The van der Waals surface area contributed by atoms with Crippen molar-refractivity contribution in [1.82, 2.24) is 50.3 Å². The Kier molecular flexibility index (Phi) is 21.6. The minimum absolute atomic E-state index is 0.0212. The number of urea groups is 2. The maximum atomic E-state index is 15.4. The van der Waals surface area contributed by atoms with Crippen LogP contribution in [0.5, 0.6) is 0 Å². The number of carbonyl (C=O) groups is 2. The molecule has 6 N–H and O–H groups in total. The van der Waals surface area contributed by atoms with Crippen molar-refractivity contribution in [1.29, 1.82) is 0 Å². The third kappa shape index (κ3) is 16.6. The summed E-state index contributed by atoms with van der Waals surface area (Å²) >= 11 is 12.8. The Morgan fingerprint density at radius 1 is 0.562 bits per heavy atom. The fourth-order valence-electron chi connectivity index (χ4n) is 11.3. The van der Waals surface area contributed by atoms with E-state index in [9.17, 15) is 26.4 Å². The molecule has 0 bridgehead atoms. The first-order valence-electron chi connectivity index (χ1n) is 27.4. The molecule has 4 aromatic carbocycles. The van der Waals surface area contributed by atoms with Crippen LogP contribution in [0.25, 0.3) is 0 Å². The number of nitrogens with zero attached hydrogens (tertiary/aromatic N) is 4. The van der Waals surface area contributed by atoms with Crippen molar-refractivity contribution in [3.8, 4) is 0 Å². The zero-order valence-electron chi connectivity index (χ0n) is 46.0. The number of carbonyl (C=O) groups excluding carboxylic acids is 2. The predicted molar refractivity (Wildman–Crippen MR) is 306 cm³/mol. The second kappa shape index (κ2) is 28.1. The van der Waals surface area contributed by atoms with E-state index >= 15 is 8.78 Å². The predicted octanol–water partition coefficient (Wildman–Crippen LogP) is 5.86. The minimum atomic E-state index is -3.94. The number of nitrogens with one attached hydrogen (secondary N) is 6. The Labute approximate surface area is 480 Å². The van der Waals surface area contributed by atoms with Crippen molar-refractivity contribution in [3.05, 3.63) is 127 Å². The monoisotopic (exact) mass is 1190 g/mol. The summed E-state index contributed by atoms with van der Waals surface area (Å²) in [5, 5.41) is 12.3. The van der Waals surface area contributed by atoms with Gasteiger partial charge in [0.15, 0.2) is 0 Å². The van der Waals surface area contributed by atoms with Crippen LogP contribution < -0.4 is 30.7 Å². The molecular weight excluding hydrogens is 1110 g/mol. The van der Waals surface area contributed by atoms with Gasteiger partial charge < -0.3 is 40.5 Å². The average Bonchev–Trinajstić information content (AvgIpc) is 4.06. The number of sulfonamides is 2. The summed E-state index contributed by atoms with van der Waals surface area (Å²) in [6.07, 6.45) is 2.55. The Hall–Kier alpha value is -4.56. The van der Waals surface area contributed by atoms with Crippen molar-refractivity contribution in [2.75, 3.05) is 119 Å². The maximum Gasteiger partial charge on any atom is 0.314 e. The van der Waals surface area contributed by atoms with Gasteiger partial charge in [0.2, 0.25) is 20.0 Å². The van der Waals surface area contributed by atoms with Crippen LogP contribution in [0.4, 0.5) is 18.4 Å². The topological polar surface area (TPSA) is 206 Å². The van der Waals surface area contributed by atoms with Gasteiger partial charge in [0.1, 0.15) is 11.6 Å². The number of amides is 4. The van der Waals surface area contributed by atoms with Crippen molar-refractivity contribution in [2.24, 2.45) is 0 Å². The van der Waals surface area contributed by atoms with Crippen molar-refractivity contribution >= 4 is 55.3 Å². The standard InChI is InChI=1S/C56H76Cl2F2N10O8S2/c1-37-25-39(57)27-45-49(37)33-67(3)35-51(45)47-29-43(7-9-53(47)59)79(73,74)65-41-11-17-69(31-41)19-23-77-21-15-63-55(71)61-13-5-6-14-62-56(72)64-16-22-78-24-20-70-18-12-42(32-70)66-80(75,76)44-8-10-54(60)48(30-44)52-36-68(4)34-50-38(2)26-40(58)28-46(50)52/h7-10,25-30,41-42,51-52,65-66H,5-6,11-24,31-36H2,1-4H3,(H2,61,63,71)(H2,62,64,72)/t41-,42-,51?,52?/m1/s1. The maximum absolute atomic E-state index is 15.4. The van der Waals surface area contributed by atoms with Gasteiger partial charge in [-0.1, -0.05) is 23.2 Å². The number of likely N-dealkylation sites (tertiary alicyclic amines) is 2. The van der Waals surface area contributed by atoms with Crippen molar-refractivity contribution in [3.63, 3.8) is 0 Å². The van der Waals surface area contributed by atoms with Crippen molar-refractivity contribution in [2.45, 2.75) is 86.3 Å². The number of aryl methyl sites for hydroxylation is 2. The lowest BCUT2D eigenvalue weighted by Crippen LogP contribution is -2.39. The molecule has 0 radical (unpaired) electrons. The lowest BCUT2D eigenvalue weighted by molar-refractivity contribution is 0.113. The Bertz CT molecular complexity index is 2860. The third-order valence-electron chi connectivity index (χ3n) is 15.4. The van der Waals surface area contributed by atoms with Crippen LogP contribution in [0, 0.1) is 25.5 Å². The third-order valence-corrected chi connectivity index (χ3v) is 18.8. The van der Waals surface area contributed by atoms with E-state index in [0.29, 0.717) is 165 Å². The molecular formula is C56H76Cl2F2N10O8S2. The molecule has 4 aromatic rings. The first-order valence-corrected chi connectivity index (χ1v) is 31.2. The summed E-state index contributed by atoms with van der Waals surface area (Å²) < 4.78 is 102. The molecule has 0 spiro atoms. The molecule has 4 aliphatic heterocycles. The van der Waals surface area contributed by atoms with Gasteiger partial charge in [0.05, 0.1) is 36.2 Å². The number of unbranched alkanes of at least 4 members (excludes halogenated alkanes) is 1. The molecule has 4 amide bonds. The average molecular weight is 1190 g/mol. The summed E-state index contributed by atoms with van der Waals surface area (Å²) in [7, 11) is -3.94. The number of rotatable bonds is 25. The highest BCUT2D eigenvalue weighted by Gasteiger charge is 2.34. The van der Waals surface area contributed by atoms with E-state index in [1.807, 2.05) is 52.2 Å². The second-order valence-electron chi connectivity index (χ2n) is 21.6. The molecule has 0 aliphatic carbocycles. The molecule has 4 atom stereocenters. The fourth-order valence-corrected chi connectivity index (χ4v) is 14.4. The Balaban J connectivity index is 0.619. The Morgan fingerprint density at radius 2 is 0.963 bits per heavy atom. The second-order valence-corrected chi connectivity index (χ2v) is 25.9. The van der Waals surface area contributed by atoms with E-state index < -0.39 is 31.7 Å². The molecule has 2 fully saturated rings. The highest BCUT2D eigenvalue weighted by atomic mass is 35.5. The number of halogens is 4. The van der Waals surface area contributed by atoms with Gasteiger partial charge in [-0.3, -0.25) is 9.80 Å². The highest BCUT2D eigenvalue weighted by Crippen LogP contribution is 2.40. The van der Waals surface area contributed by atoms with Gasteiger partial charge in [-0.2, -0.15) is 0 Å². The van der Waals surface area contributed by atoms with E-state index in [1.165, 1.54) is 36.4 Å². The van der Waals surface area contributed by atoms with Crippen molar-refractivity contribution < 1.29 is 44.7 Å². The molecule has 18 nitrogen and oxygen atoms in total. The normalized spacial score (nSPS) is 20.1. The van der Waals surface area contributed by atoms with Gasteiger partial charge in [-0.15, -0.1) is 0 Å². The van der Waals surface area contributed by atoms with E-state index in [1.54, 1.807) is 0 Å². The Morgan fingerprint density at radius 3 is 1.38 bits per heavy atom. The zero-order chi connectivity index (χ0) is 57.1. The number of hydrogen-bond donors (Lipinski definition) is 6. The number of ether oxygens (including phenoxy) is 2. The van der Waals surface area contributed by atoms with E-state index in [2.05, 4.69) is 50.3 Å². The van der Waals surface area contributed by atoms with Gasteiger partial charge >= 0.3 is 12.1 Å². The van der Waals surface area contributed by atoms with Crippen LogP contribution in [-0.4, -0.2) is 180 Å². The smallest absolute Gasteiger partial charge is 0.314 e. The molecule has 2 unspecified atom stereocenters. The molecule has 8 rings (SSSR count). The summed E-state index contributed by atoms with van der Waals surface area (Å²) in [5.74, 6) is -1.67. The highest BCUT2D eigenvalue weighted by molar-refractivity contribution is 7.89. The first-order chi connectivity index (χ1) is 38.2. The van der Waals surface area contributed by atoms with Crippen LogP contribution in [0.15, 0.2) is 70.5 Å². The largest absolute Gasteiger partial charge is 0.378 e. The summed E-state index contributed by atoms with van der Waals surface area (Å²) in [6.45, 7) is 12.9. The summed E-state index contributed by atoms with van der Waals surface area (Å²) in [6, 6.07) is 14.2. The lowest BCUT2D eigenvalue weighted by atomic mass is 9.83. The molecule has 438 valence electrons. The minimum Gasteiger partial charge on any atom is -0.378 e. The van der Waals surface area contributed by atoms with Crippen LogP contribution in [-0.2, 0) is 42.6 Å². The van der Waals surface area contributed by atoms with Gasteiger partial charge in [-0.25, -0.2) is 44.6 Å². The molecule has 0 saturated carbocycles. The van der Waals surface area contributed by atoms with Gasteiger partial charge in [0.25, 0.3) is 0 Å². The van der Waals surface area contributed by atoms with E-state index in [0.717, 1.165) is 33.4 Å². The van der Waals surface area contributed by atoms with Gasteiger partial charge in [-0.05, 0) is 172 Å². The summed E-state index contributed by atoms with van der Waals surface area (Å²) in [5.41, 5.74) is 6.66. The number of likely N-dealkylation sites (N-methyl/N-ethyl adjacent to an activating group) is 2. The van der Waals surface area contributed by atoms with E-state index in [4.69, 9.17) is 32.7 Å².